The Morgan fingerprint density at radius 1 is 1.21 bits per heavy atom. The molecule has 0 rings (SSSR count). The SMILES string of the molecule is CCOC(=O)CN(CC(C)C)C(=O)C(CN)C(C)C. The summed E-state index contributed by atoms with van der Waals surface area (Å²) in [5.74, 6) is -0.207. The van der Waals surface area contributed by atoms with Crippen molar-refractivity contribution in [2.45, 2.75) is 34.6 Å². The molecule has 1 atom stereocenters. The topological polar surface area (TPSA) is 72.6 Å². The predicted octanol–water partition coefficient (Wildman–Crippen LogP) is 1.27. The molecule has 0 fully saturated rings. The lowest BCUT2D eigenvalue weighted by atomic mass is 9.94. The van der Waals surface area contributed by atoms with Crippen LogP contribution in [0.1, 0.15) is 34.6 Å². The van der Waals surface area contributed by atoms with Crippen molar-refractivity contribution in [2.75, 3.05) is 26.2 Å². The highest BCUT2D eigenvalue weighted by atomic mass is 16.5. The maximum Gasteiger partial charge on any atom is 0.325 e. The first-order chi connectivity index (χ1) is 8.83. The summed E-state index contributed by atoms with van der Waals surface area (Å²) in [5.41, 5.74) is 5.67. The van der Waals surface area contributed by atoms with Gasteiger partial charge in [0.15, 0.2) is 0 Å². The fraction of sp³-hybridized carbons (Fsp3) is 0.857. The molecule has 5 heteroatoms. The molecule has 112 valence electrons. The summed E-state index contributed by atoms with van der Waals surface area (Å²) in [5, 5.41) is 0. The molecule has 19 heavy (non-hydrogen) atoms. The third kappa shape index (κ3) is 6.57. The summed E-state index contributed by atoms with van der Waals surface area (Å²) >= 11 is 0. The van der Waals surface area contributed by atoms with E-state index in [0.717, 1.165) is 0 Å². The molecule has 0 aromatic rings. The molecule has 0 heterocycles. The molecule has 0 aromatic heterocycles. The Bertz CT molecular complexity index is 290. The number of nitrogens with zero attached hydrogens (tertiary/aromatic N) is 1. The minimum absolute atomic E-state index is 0.00801. The van der Waals surface area contributed by atoms with Crippen LogP contribution in [0.3, 0.4) is 0 Å². The zero-order valence-corrected chi connectivity index (χ0v) is 12.8. The van der Waals surface area contributed by atoms with Crippen LogP contribution in [0.4, 0.5) is 0 Å². The van der Waals surface area contributed by atoms with Crippen molar-refractivity contribution < 1.29 is 14.3 Å². The first kappa shape index (κ1) is 17.9. The van der Waals surface area contributed by atoms with E-state index in [2.05, 4.69) is 0 Å². The first-order valence-corrected chi connectivity index (χ1v) is 6.97. The van der Waals surface area contributed by atoms with Gasteiger partial charge in [-0.25, -0.2) is 0 Å². The Kier molecular flexibility index (Phi) is 8.39. The van der Waals surface area contributed by atoms with E-state index in [0.29, 0.717) is 25.6 Å². The summed E-state index contributed by atoms with van der Waals surface area (Å²) in [6, 6.07) is 0. The Balaban J connectivity index is 4.81. The number of rotatable bonds is 8. The number of hydrogen-bond donors (Lipinski definition) is 1. The van der Waals surface area contributed by atoms with E-state index in [1.165, 1.54) is 0 Å². The van der Waals surface area contributed by atoms with Crippen molar-refractivity contribution in [3.8, 4) is 0 Å². The van der Waals surface area contributed by atoms with E-state index in [4.69, 9.17) is 10.5 Å². The van der Waals surface area contributed by atoms with Crippen molar-refractivity contribution >= 4 is 11.9 Å². The number of amides is 1. The molecule has 1 amide bonds. The monoisotopic (exact) mass is 272 g/mol. The first-order valence-electron chi connectivity index (χ1n) is 6.97. The summed E-state index contributed by atoms with van der Waals surface area (Å²) in [7, 11) is 0. The zero-order valence-electron chi connectivity index (χ0n) is 12.8. The van der Waals surface area contributed by atoms with E-state index in [9.17, 15) is 9.59 Å². The van der Waals surface area contributed by atoms with Gasteiger partial charge in [-0.1, -0.05) is 27.7 Å². The van der Waals surface area contributed by atoms with E-state index >= 15 is 0 Å². The molecule has 0 aliphatic heterocycles. The third-order valence-corrected chi connectivity index (χ3v) is 2.90. The standard InChI is InChI=1S/C14H28N2O3/c1-6-19-13(17)9-16(8-10(2)3)14(18)12(7-15)11(4)5/h10-12H,6-9,15H2,1-5H3. The van der Waals surface area contributed by atoms with E-state index in [1.54, 1.807) is 11.8 Å². The lowest BCUT2D eigenvalue weighted by Crippen LogP contribution is -2.45. The molecule has 0 spiro atoms. The molecule has 2 N–H and O–H groups in total. The second-order valence-corrected chi connectivity index (χ2v) is 5.50. The molecule has 1 unspecified atom stereocenters. The van der Waals surface area contributed by atoms with Gasteiger partial charge in [0, 0.05) is 13.1 Å². The smallest absolute Gasteiger partial charge is 0.325 e. The Morgan fingerprint density at radius 2 is 1.79 bits per heavy atom. The number of nitrogens with two attached hydrogens (primary N) is 1. The molecule has 0 bridgehead atoms. The van der Waals surface area contributed by atoms with Crippen LogP contribution in [0.2, 0.25) is 0 Å². The van der Waals surface area contributed by atoms with Gasteiger partial charge in [-0.2, -0.15) is 0 Å². The minimum atomic E-state index is -0.365. The van der Waals surface area contributed by atoms with Crippen molar-refractivity contribution in [3.05, 3.63) is 0 Å². The Hall–Kier alpha value is -1.10. The van der Waals surface area contributed by atoms with Crippen molar-refractivity contribution in [1.29, 1.82) is 0 Å². The van der Waals surface area contributed by atoms with Crippen molar-refractivity contribution in [3.63, 3.8) is 0 Å². The van der Waals surface area contributed by atoms with Crippen LogP contribution < -0.4 is 5.73 Å². The van der Waals surface area contributed by atoms with Gasteiger partial charge in [0.2, 0.25) is 5.91 Å². The summed E-state index contributed by atoms with van der Waals surface area (Å²) in [6.45, 7) is 10.9. The van der Waals surface area contributed by atoms with E-state index in [1.807, 2.05) is 27.7 Å². The molecule has 0 aliphatic carbocycles. The van der Waals surface area contributed by atoms with Crippen LogP contribution in [0.15, 0.2) is 0 Å². The van der Waals surface area contributed by atoms with Crippen LogP contribution in [-0.2, 0) is 14.3 Å². The van der Waals surface area contributed by atoms with Gasteiger partial charge in [-0.05, 0) is 18.8 Å². The number of carbonyl (C=O) groups is 2. The highest BCUT2D eigenvalue weighted by Crippen LogP contribution is 2.14. The van der Waals surface area contributed by atoms with Gasteiger partial charge in [0.05, 0.1) is 12.5 Å². The molecule has 0 aromatic carbocycles. The molecule has 0 radical (unpaired) electrons. The fourth-order valence-electron chi connectivity index (χ4n) is 1.93. The average molecular weight is 272 g/mol. The van der Waals surface area contributed by atoms with E-state index < -0.39 is 0 Å². The van der Waals surface area contributed by atoms with Gasteiger partial charge in [0.1, 0.15) is 6.54 Å². The highest BCUT2D eigenvalue weighted by molar-refractivity contribution is 5.84. The largest absolute Gasteiger partial charge is 0.465 e. The molecular formula is C14H28N2O3. The Labute approximate surface area is 116 Å². The lowest BCUT2D eigenvalue weighted by molar-refractivity contribution is -0.151. The van der Waals surface area contributed by atoms with Gasteiger partial charge in [-0.15, -0.1) is 0 Å². The number of ether oxygens (including phenoxy) is 1. The molecule has 5 nitrogen and oxygen atoms in total. The summed E-state index contributed by atoms with van der Waals surface area (Å²) in [4.78, 5) is 25.6. The molecule has 0 aliphatic rings. The van der Waals surface area contributed by atoms with E-state index in [-0.39, 0.29) is 30.3 Å². The fourth-order valence-corrected chi connectivity index (χ4v) is 1.93. The van der Waals surface area contributed by atoms with Gasteiger partial charge >= 0.3 is 5.97 Å². The number of carbonyl (C=O) groups excluding carboxylic acids is 2. The summed E-state index contributed by atoms with van der Waals surface area (Å²) in [6.07, 6.45) is 0. The number of hydrogen-bond acceptors (Lipinski definition) is 4. The van der Waals surface area contributed by atoms with Crippen LogP contribution >= 0.6 is 0 Å². The van der Waals surface area contributed by atoms with Crippen molar-refractivity contribution in [1.82, 2.24) is 4.90 Å². The van der Waals surface area contributed by atoms with Gasteiger partial charge in [-0.3, -0.25) is 9.59 Å². The van der Waals surface area contributed by atoms with Gasteiger partial charge in [0.25, 0.3) is 0 Å². The van der Waals surface area contributed by atoms with Crippen LogP contribution in [0.5, 0.6) is 0 Å². The average Bonchev–Trinajstić information content (AvgIpc) is 2.28. The van der Waals surface area contributed by atoms with Gasteiger partial charge < -0.3 is 15.4 Å². The van der Waals surface area contributed by atoms with Crippen LogP contribution in [0, 0.1) is 17.8 Å². The second-order valence-electron chi connectivity index (χ2n) is 5.50. The number of esters is 1. The second kappa shape index (κ2) is 8.91. The predicted molar refractivity (Wildman–Crippen MR) is 75.4 cm³/mol. The zero-order chi connectivity index (χ0) is 15.0. The Morgan fingerprint density at radius 3 is 2.16 bits per heavy atom. The maximum atomic E-state index is 12.4. The molecular weight excluding hydrogens is 244 g/mol. The van der Waals surface area contributed by atoms with Crippen molar-refractivity contribution in [2.24, 2.45) is 23.5 Å². The van der Waals surface area contributed by atoms with Crippen LogP contribution in [-0.4, -0.2) is 43.0 Å². The molecule has 0 saturated heterocycles. The summed E-state index contributed by atoms with van der Waals surface area (Å²) < 4.78 is 4.91. The minimum Gasteiger partial charge on any atom is -0.465 e. The quantitative estimate of drug-likeness (QED) is 0.675. The highest BCUT2D eigenvalue weighted by Gasteiger charge is 2.27. The van der Waals surface area contributed by atoms with Crippen LogP contribution in [0.25, 0.3) is 0 Å². The third-order valence-electron chi connectivity index (χ3n) is 2.90. The molecule has 0 saturated carbocycles. The normalized spacial score (nSPS) is 12.6. The lowest BCUT2D eigenvalue weighted by Gasteiger charge is -2.29. The maximum absolute atomic E-state index is 12.4.